The van der Waals surface area contributed by atoms with E-state index in [2.05, 4.69) is 4.98 Å². The highest BCUT2D eigenvalue weighted by atomic mass is 16.5. The Labute approximate surface area is 106 Å². The molecule has 0 bridgehead atoms. The third-order valence-corrected chi connectivity index (χ3v) is 2.76. The van der Waals surface area contributed by atoms with Crippen molar-refractivity contribution in [2.24, 2.45) is 0 Å². The molecule has 92 valence electrons. The molecule has 0 aliphatic rings. The van der Waals surface area contributed by atoms with Gasteiger partial charge >= 0.3 is 0 Å². The third kappa shape index (κ3) is 2.56. The van der Waals surface area contributed by atoms with Crippen molar-refractivity contribution in [2.45, 2.75) is 20.8 Å². The van der Waals surface area contributed by atoms with Gasteiger partial charge in [0.15, 0.2) is 5.78 Å². The number of pyridine rings is 1. The van der Waals surface area contributed by atoms with Crippen LogP contribution in [0, 0.1) is 13.8 Å². The van der Waals surface area contributed by atoms with E-state index in [0.29, 0.717) is 11.4 Å². The number of aryl methyl sites for hydroxylation is 2. The van der Waals surface area contributed by atoms with Gasteiger partial charge in [0.25, 0.3) is 0 Å². The molecular weight excluding hydrogens is 226 g/mol. The number of nitrogens with zero attached hydrogens (tertiary/aromatic N) is 1. The van der Waals surface area contributed by atoms with Gasteiger partial charge in [0.1, 0.15) is 5.75 Å². The lowest BCUT2D eigenvalue weighted by Crippen LogP contribution is -1.96. The average molecular weight is 241 g/mol. The summed E-state index contributed by atoms with van der Waals surface area (Å²) < 4.78 is 5.75. The van der Waals surface area contributed by atoms with Gasteiger partial charge < -0.3 is 4.74 Å². The molecule has 3 heteroatoms. The van der Waals surface area contributed by atoms with Crippen molar-refractivity contribution in [3.63, 3.8) is 0 Å². The number of aromatic nitrogens is 1. The Morgan fingerprint density at radius 1 is 1.11 bits per heavy atom. The van der Waals surface area contributed by atoms with E-state index in [0.717, 1.165) is 16.9 Å². The molecule has 1 aromatic heterocycles. The molecule has 1 heterocycles. The molecule has 0 radical (unpaired) electrons. The largest absolute Gasteiger partial charge is 0.438 e. The average Bonchev–Trinajstić information content (AvgIpc) is 2.34. The van der Waals surface area contributed by atoms with Crippen LogP contribution in [0.15, 0.2) is 36.5 Å². The highest BCUT2D eigenvalue weighted by Gasteiger charge is 2.06. The summed E-state index contributed by atoms with van der Waals surface area (Å²) in [5.74, 6) is 1.32. The second kappa shape index (κ2) is 5.00. The molecule has 0 unspecified atom stereocenters. The minimum atomic E-state index is 0.00104. The van der Waals surface area contributed by atoms with Gasteiger partial charge in [-0.2, -0.15) is 0 Å². The number of hydrogen-bond acceptors (Lipinski definition) is 3. The van der Waals surface area contributed by atoms with E-state index in [9.17, 15) is 4.79 Å². The zero-order chi connectivity index (χ0) is 13.1. The lowest BCUT2D eigenvalue weighted by atomic mass is 10.1. The van der Waals surface area contributed by atoms with Crippen molar-refractivity contribution in [1.82, 2.24) is 4.98 Å². The molecule has 1 aromatic carbocycles. The van der Waals surface area contributed by atoms with Crippen LogP contribution in [0.3, 0.4) is 0 Å². The SMILES string of the molecule is CC(=O)c1ccc(Oc2c(C)cccc2C)nc1. The quantitative estimate of drug-likeness (QED) is 0.769. The summed E-state index contributed by atoms with van der Waals surface area (Å²) in [6.45, 7) is 5.50. The summed E-state index contributed by atoms with van der Waals surface area (Å²) in [6.07, 6.45) is 1.53. The fourth-order valence-corrected chi connectivity index (χ4v) is 1.71. The predicted octanol–water partition coefficient (Wildman–Crippen LogP) is 3.69. The van der Waals surface area contributed by atoms with Crippen LogP contribution in [0.2, 0.25) is 0 Å². The molecule has 0 aliphatic heterocycles. The van der Waals surface area contributed by atoms with Crippen molar-refractivity contribution in [3.05, 3.63) is 53.2 Å². The van der Waals surface area contributed by atoms with Gasteiger partial charge in [-0.3, -0.25) is 4.79 Å². The van der Waals surface area contributed by atoms with Crippen molar-refractivity contribution in [1.29, 1.82) is 0 Å². The number of carbonyl (C=O) groups excluding carboxylic acids is 1. The first-order chi connectivity index (χ1) is 8.58. The summed E-state index contributed by atoms with van der Waals surface area (Å²) in [6, 6.07) is 9.41. The predicted molar refractivity (Wildman–Crippen MR) is 70.2 cm³/mol. The maximum Gasteiger partial charge on any atom is 0.219 e. The molecule has 0 atom stereocenters. The Morgan fingerprint density at radius 2 is 1.78 bits per heavy atom. The van der Waals surface area contributed by atoms with Crippen LogP contribution in [-0.4, -0.2) is 10.8 Å². The van der Waals surface area contributed by atoms with Crippen LogP contribution >= 0.6 is 0 Å². The molecule has 0 fully saturated rings. The van der Waals surface area contributed by atoms with Gasteiger partial charge in [0.2, 0.25) is 5.88 Å². The summed E-state index contributed by atoms with van der Waals surface area (Å²) in [5.41, 5.74) is 2.71. The first kappa shape index (κ1) is 12.3. The highest BCUT2D eigenvalue weighted by Crippen LogP contribution is 2.27. The van der Waals surface area contributed by atoms with E-state index >= 15 is 0 Å². The molecule has 3 nitrogen and oxygen atoms in total. The number of hydrogen-bond donors (Lipinski definition) is 0. The highest BCUT2D eigenvalue weighted by molar-refractivity contribution is 5.93. The first-order valence-electron chi connectivity index (χ1n) is 5.79. The number of ketones is 1. The summed E-state index contributed by atoms with van der Waals surface area (Å²) in [4.78, 5) is 15.3. The van der Waals surface area contributed by atoms with Crippen molar-refractivity contribution >= 4 is 5.78 Å². The molecule has 0 saturated carbocycles. The van der Waals surface area contributed by atoms with Crippen molar-refractivity contribution in [2.75, 3.05) is 0 Å². The normalized spacial score (nSPS) is 10.2. The summed E-state index contributed by atoms with van der Waals surface area (Å²) in [7, 11) is 0. The molecular formula is C15H15NO2. The maximum absolute atomic E-state index is 11.1. The monoisotopic (exact) mass is 241 g/mol. The van der Waals surface area contributed by atoms with Crippen LogP contribution in [0.5, 0.6) is 11.6 Å². The number of benzene rings is 1. The Morgan fingerprint density at radius 3 is 2.28 bits per heavy atom. The summed E-state index contributed by atoms with van der Waals surface area (Å²) in [5, 5.41) is 0. The van der Waals surface area contributed by atoms with E-state index in [1.54, 1.807) is 12.1 Å². The minimum Gasteiger partial charge on any atom is -0.438 e. The minimum absolute atomic E-state index is 0.00104. The molecule has 0 N–H and O–H groups in total. The molecule has 18 heavy (non-hydrogen) atoms. The lowest BCUT2D eigenvalue weighted by molar-refractivity contribution is 0.101. The fourth-order valence-electron chi connectivity index (χ4n) is 1.71. The van der Waals surface area contributed by atoms with Crippen molar-refractivity contribution < 1.29 is 9.53 Å². The second-order valence-corrected chi connectivity index (χ2v) is 4.26. The zero-order valence-electron chi connectivity index (χ0n) is 10.7. The Balaban J connectivity index is 2.26. The maximum atomic E-state index is 11.1. The smallest absolute Gasteiger partial charge is 0.219 e. The van der Waals surface area contributed by atoms with E-state index < -0.39 is 0 Å². The molecule has 0 saturated heterocycles. The molecule has 0 aliphatic carbocycles. The van der Waals surface area contributed by atoms with Gasteiger partial charge in [-0.15, -0.1) is 0 Å². The standard InChI is InChI=1S/C15H15NO2/c1-10-5-4-6-11(2)15(10)18-14-8-7-13(9-16-14)12(3)17/h4-9H,1-3H3. The first-order valence-corrected chi connectivity index (χ1v) is 5.79. The van der Waals surface area contributed by atoms with Crippen molar-refractivity contribution in [3.8, 4) is 11.6 Å². The Kier molecular flexibility index (Phi) is 3.42. The van der Waals surface area contributed by atoms with Gasteiger partial charge in [0, 0.05) is 17.8 Å². The Bertz CT molecular complexity index is 553. The lowest BCUT2D eigenvalue weighted by Gasteiger charge is -2.10. The topological polar surface area (TPSA) is 39.2 Å². The Hall–Kier alpha value is -2.16. The van der Waals surface area contributed by atoms with Crippen LogP contribution < -0.4 is 4.74 Å². The van der Waals surface area contributed by atoms with E-state index in [1.165, 1.54) is 13.1 Å². The van der Waals surface area contributed by atoms with Gasteiger partial charge in [-0.1, -0.05) is 18.2 Å². The van der Waals surface area contributed by atoms with Crippen LogP contribution in [0.1, 0.15) is 28.4 Å². The van der Waals surface area contributed by atoms with E-state index in [-0.39, 0.29) is 5.78 Å². The molecule has 0 spiro atoms. The molecule has 2 rings (SSSR count). The number of ether oxygens (including phenoxy) is 1. The number of para-hydroxylation sites is 1. The molecule has 2 aromatic rings. The van der Waals surface area contributed by atoms with Gasteiger partial charge in [0.05, 0.1) is 0 Å². The second-order valence-electron chi connectivity index (χ2n) is 4.26. The molecule has 0 amide bonds. The van der Waals surface area contributed by atoms with Gasteiger partial charge in [-0.25, -0.2) is 4.98 Å². The van der Waals surface area contributed by atoms with Crippen LogP contribution in [0.4, 0.5) is 0 Å². The van der Waals surface area contributed by atoms with Crippen LogP contribution in [-0.2, 0) is 0 Å². The van der Waals surface area contributed by atoms with Crippen LogP contribution in [0.25, 0.3) is 0 Å². The number of carbonyl (C=O) groups is 1. The zero-order valence-corrected chi connectivity index (χ0v) is 10.7. The van der Waals surface area contributed by atoms with E-state index in [1.807, 2.05) is 32.0 Å². The van der Waals surface area contributed by atoms with Gasteiger partial charge in [-0.05, 0) is 38.0 Å². The number of rotatable bonds is 3. The third-order valence-electron chi connectivity index (χ3n) is 2.76. The number of Topliss-reactive ketones (excluding diaryl/α,β-unsaturated/α-hetero) is 1. The summed E-state index contributed by atoms with van der Waals surface area (Å²) >= 11 is 0. The van der Waals surface area contributed by atoms with E-state index in [4.69, 9.17) is 4.74 Å². The fraction of sp³-hybridized carbons (Fsp3) is 0.200.